The van der Waals surface area contributed by atoms with E-state index in [-0.39, 0.29) is 43.1 Å². The maximum atomic E-state index is 14.4. The average molecular weight is 788 g/mol. The zero-order chi connectivity index (χ0) is 39.0. The number of thiophene rings is 1. The molecule has 5 atom stereocenters. The highest BCUT2D eigenvalue weighted by Gasteiger charge is 2.62. The lowest BCUT2D eigenvalue weighted by Crippen LogP contribution is -2.58. The fraction of sp³-hybridized carbons (Fsp3) is 0.541. The Morgan fingerprint density at radius 2 is 1.89 bits per heavy atom. The summed E-state index contributed by atoms with van der Waals surface area (Å²) in [6, 6.07) is 3.68. The number of nitrogens with zero attached hydrogens (tertiary/aromatic N) is 2. The quantitative estimate of drug-likeness (QED) is 0.370. The number of carbonyl (C=O) groups excluding carboxylic acids is 5. The van der Waals surface area contributed by atoms with E-state index in [0.29, 0.717) is 36.0 Å². The molecule has 1 aromatic heterocycles. The second kappa shape index (κ2) is 15.3. The zero-order valence-electron chi connectivity index (χ0n) is 30.7. The molecule has 6 rings (SSSR count). The normalized spacial score (nSPS) is 26.0. The fourth-order valence-corrected chi connectivity index (χ4v) is 9.42. The molecule has 292 valence electrons. The van der Waals surface area contributed by atoms with Crippen molar-refractivity contribution in [2.24, 2.45) is 5.92 Å². The Bertz CT molecular complexity index is 1960. The van der Waals surface area contributed by atoms with Crippen molar-refractivity contribution in [3.8, 4) is 0 Å². The number of allylic oxidation sites excluding steroid dienone is 1. The number of hydrogen-bond acceptors (Lipinski definition) is 10. The maximum absolute atomic E-state index is 14.4. The van der Waals surface area contributed by atoms with Crippen LogP contribution in [0.1, 0.15) is 82.4 Å². The van der Waals surface area contributed by atoms with Gasteiger partial charge < -0.3 is 25.0 Å². The number of rotatable bonds is 5. The Balaban J connectivity index is 1.26. The van der Waals surface area contributed by atoms with Crippen LogP contribution in [0.25, 0.3) is 0 Å². The van der Waals surface area contributed by atoms with Crippen LogP contribution in [0.15, 0.2) is 46.0 Å². The van der Waals surface area contributed by atoms with Crippen molar-refractivity contribution < 1.29 is 46.3 Å². The standard InChI is InChI=1S/C37H46FN5O9S2/c1-22-15-30(53-21-22)54(49,50)41-33(46)37-17-24(37)12-8-6-5-7-9-14-28(39-34(47)52-36(2,3)4)32(45)43-19-25(16-29(43)31(44)40-37)51-35(48)42-18-23-11-10-13-27(38)26(23)20-42/h8,10-13,15,21,24-25,28-29H,5-7,9,14,16-20H2,1-4H3,(H,39,47)(H,40,44)(H,41,46)/t24-,25-,28+,29+,37-/m1/s1. The van der Waals surface area contributed by atoms with E-state index < -0.39 is 81.0 Å². The van der Waals surface area contributed by atoms with E-state index in [0.717, 1.165) is 17.8 Å². The predicted molar refractivity (Wildman–Crippen MR) is 195 cm³/mol. The Morgan fingerprint density at radius 1 is 1.11 bits per heavy atom. The highest BCUT2D eigenvalue weighted by atomic mass is 32.2. The van der Waals surface area contributed by atoms with E-state index >= 15 is 0 Å². The molecular formula is C37H46FN5O9S2. The van der Waals surface area contributed by atoms with Crippen molar-refractivity contribution >= 4 is 51.3 Å². The predicted octanol–water partition coefficient (Wildman–Crippen LogP) is 4.41. The van der Waals surface area contributed by atoms with Crippen LogP contribution in [-0.4, -0.2) is 84.0 Å². The van der Waals surface area contributed by atoms with Crippen LogP contribution in [0, 0.1) is 18.7 Å². The molecule has 3 aliphatic heterocycles. The average Bonchev–Trinajstić information content (AvgIpc) is 3.46. The van der Waals surface area contributed by atoms with Crippen LogP contribution in [0.4, 0.5) is 14.0 Å². The Morgan fingerprint density at radius 3 is 2.59 bits per heavy atom. The van der Waals surface area contributed by atoms with Gasteiger partial charge in [-0.3, -0.25) is 19.3 Å². The number of sulfonamides is 1. The number of ether oxygens (including phenoxy) is 2. The lowest BCUT2D eigenvalue weighted by Gasteiger charge is -2.30. The highest BCUT2D eigenvalue weighted by Crippen LogP contribution is 2.46. The molecule has 4 aliphatic rings. The topological polar surface area (TPSA) is 181 Å². The third-order valence-electron chi connectivity index (χ3n) is 9.99. The third-order valence-corrected chi connectivity index (χ3v) is 12.9. The van der Waals surface area contributed by atoms with Crippen LogP contribution in [0.2, 0.25) is 0 Å². The summed E-state index contributed by atoms with van der Waals surface area (Å²) < 4.78 is 54.2. The smallest absolute Gasteiger partial charge is 0.410 e. The number of nitrogens with one attached hydrogen (secondary N) is 3. The first-order chi connectivity index (χ1) is 25.5. The van der Waals surface area contributed by atoms with Crippen molar-refractivity contribution in [3.05, 3.63) is 64.3 Å². The molecule has 17 heteroatoms. The number of hydrogen-bond donors (Lipinski definition) is 3. The van der Waals surface area contributed by atoms with Gasteiger partial charge in [0.1, 0.15) is 39.4 Å². The zero-order valence-corrected chi connectivity index (χ0v) is 32.3. The lowest BCUT2D eigenvalue weighted by molar-refractivity contribution is -0.141. The van der Waals surface area contributed by atoms with Crippen LogP contribution < -0.4 is 15.4 Å². The Hall–Kier alpha value is -4.51. The van der Waals surface area contributed by atoms with Crippen molar-refractivity contribution in [1.29, 1.82) is 0 Å². The van der Waals surface area contributed by atoms with Gasteiger partial charge in [-0.25, -0.2) is 27.1 Å². The maximum Gasteiger partial charge on any atom is 0.410 e. The summed E-state index contributed by atoms with van der Waals surface area (Å²) >= 11 is 0.964. The number of carbonyl (C=O) groups is 5. The van der Waals surface area contributed by atoms with E-state index in [9.17, 15) is 36.8 Å². The first-order valence-electron chi connectivity index (χ1n) is 18.1. The molecule has 1 saturated heterocycles. The number of aryl methyl sites for hydroxylation is 1. The van der Waals surface area contributed by atoms with Crippen LogP contribution in [-0.2, 0) is 47.0 Å². The molecule has 5 amide bonds. The van der Waals surface area contributed by atoms with E-state index in [1.54, 1.807) is 51.3 Å². The highest BCUT2D eigenvalue weighted by molar-refractivity contribution is 7.92. The SMILES string of the molecule is Cc1csc(S(=O)(=O)NC(=O)[C@@]23C[C@H]2C=CCCCCC[C@H](NC(=O)OC(C)(C)C)C(=O)N2C[C@H](OC(=O)N4Cc5cccc(F)c5C4)C[C@H]2C(=O)N3)c1. The van der Waals surface area contributed by atoms with E-state index in [1.165, 1.54) is 21.9 Å². The second-order valence-corrected chi connectivity index (χ2v) is 18.2. The van der Waals surface area contributed by atoms with Gasteiger partial charge in [-0.05, 0) is 82.0 Å². The molecule has 1 saturated carbocycles. The first kappa shape index (κ1) is 39.2. The monoisotopic (exact) mass is 787 g/mol. The summed E-state index contributed by atoms with van der Waals surface area (Å²) in [5.74, 6) is -3.23. The molecule has 4 heterocycles. The minimum atomic E-state index is -4.25. The van der Waals surface area contributed by atoms with Crippen LogP contribution in [0.5, 0.6) is 0 Å². The number of amides is 5. The van der Waals surface area contributed by atoms with Gasteiger partial charge in [0.05, 0.1) is 13.1 Å². The van der Waals surface area contributed by atoms with Gasteiger partial charge in [0.15, 0.2) is 0 Å². The summed E-state index contributed by atoms with van der Waals surface area (Å²) in [5.41, 5.74) is -0.742. The molecule has 2 fully saturated rings. The molecule has 0 spiro atoms. The van der Waals surface area contributed by atoms with E-state index in [2.05, 4.69) is 15.4 Å². The number of benzene rings is 1. The second-order valence-electron chi connectivity index (χ2n) is 15.4. The summed E-state index contributed by atoms with van der Waals surface area (Å²) in [6.45, 7) is 6.70. The van der Waals surface area contributed by atoms with Gasteiger partial charge in [0.25, 0.3) is 15.9 Å². The van der Waals surface area contributed by atoms with Crippen molar-refractivity contribution in [3.63, 3.8) is 0 Å². The summed E-state index contributed by atoms with van der Waals surface area (Å²) in [4.78, 5) is 71.3. The fourth-order valence-electron chi connectivity index (χ4n) is 7.15. The lowest BCUT2D eigenvalue weighted by atomic mass is 10.0. The van der Waals surface area contributed by atoms with Gasteiger partial charge in [0, 0.05) is 24.4 Å². The molecule has 1 aromatic carbocycles. The third kappa shape index (κ3) is 8.72. The minimum absolute atomic E-state index is 0.0114. The molecule has 14 nitrogen and oxygen atoms in total. The van der Waals surface area contributed by atoms with Gasteiger partial charge in [-0.1, -0.05) is 37.1 Å². The largest absolute Gasteiger partial charge is 0.444 e. The molecule has 0 radical (unpaired) electrons. The summed E-state index contributed by atoms with van der Waals surface area (Å²) in [6.07, 6.45) is 4.00. The van der Waals surface area contributed by atoms with Crippen LogP contribution >= 0.6 is 11.3 Å². The van der Waals surface area contributed by atoms with Crippen molar-refractivity contribution in [1.82, 2.24) is 25.2 Å². The summed E-state index contributed by atoms with van der Waals surface area (Å²) in [7, 11) is -4.25. The minimum Gasteiger partial charge on any atom is -0.444 e. The Labute approximate surface area is 317 Å². The first-order valence-corrected chi connectivity index (χ1v) is 20.4. The number of fused-ring (bicyclic) bond motifs is 3. The number of halogens is 1. The van der Waals surface area contributed by atoms with E-state index in [1.807, 2.05) is 6.08 Å². The van der Waals surface area contributed by atoms with E-state index in [4.69, 9.17) is 9.47 Å². The van der Waals surface area contributed by atoms with Gasteiger partial charge in [-0.15, -0.1) is 11.3 Å². The van der Waals surface area contributed by atoms with Gasteiger partial charge >= 0.3 is 12.2 Å². The van der Waals surface area contributed by atoms with Gasteiger partial charge in [-0.2, -0.15) is 0 Å². The number of alkyl carbamates (subject to hydrolysis) is 1. The van der Waals surface area contributed by atoms with Crippen molar-refractivity contribution in [2.75, 3.05) is 6.54 Å². The molecule has 0 unspecified atom stereocenters. The molecule has 54 heavy (non-hydrogen) atoms. The summed E-state index contributed by atoms with van der Waals surface area (Å²) in [5, 5.41) is 7.09. The molecular weight excluding hydrogens is 742 g/mol. The molecule has 3 N–H and O–H groups in total. The molecule has 1 aliphatic carbocycles. The molecule has 0 bridgehead atoms. The van der Waals surface area contributed by atoms with Gasteiger partial charge in [0.2, 0.25) is 11.8 Å². The van der Waals surface area contributed by atoms with Crippen molar-refractivity contribution in [2.45, 2.75) is 119 Å². The Kier molecular flexibility index (Phi) is 11.1. The van der Waals surface area contributed by atoms with Crippen LogP contribution in [0.3, 0.4) is 0 Å². The molecule has 2 aromatic rings.